The highest BCUT2D eigenvalue weighted by Gasteiger charge is 2.50. The number of rotatable bonds is 21. The van der Waals surface area contributed by atoms with Gasteiger partial charge in [0, 0.05) is 13.5 Å². The van der Waals surface area contributed by atoms with E-state index in [1.165, 1.54) is 6.92 Å². The van der Waals surface area contributed by atoms with Crippen molar-refractivity contribution in [3.05, 3.63) is 0 Å². The van der Waals surface area contributed by atoms with Gasteiger partial charge < -0.3 is 38.0 Å². The molecule has 1 rings (SSSR count). The maximum Gasteiger partial charge on any atom is 0.322 e. The molecule has 0 saturated carbocycles. The van der Waals surface area contributed by atoms with E-state index in [0.717, 1.165) is 19.4 Å². The standard InChI is InChI=1S/C32H61NO10/c1-9-13-15-36-17-19-38-21-22-39-20-18-37-16-14-29(35)42-26-32(12-4)24-40-23-30(7,10-2)33(43-28(6)34)31(8,11-3)27(5)41-25-32/h27H,9-26H2,1-8H3. The van der Waals surface area contributed by atoms with Crippen LogP contribution in [0.5, 0.6) is 0 Å². The Labute approximate surface area is 260 Å². The van der Waals surface area contributed by atoms with Crippen LogP contribution in [0.3, 0.4) is 0 Å². The zero-order valence-electron chi connectivity index (χ0n) is 28.3. The number of ether oxygens (including phenoxy) is 7. The molecule has 0 aromatic carbocycles. The molecule has 0 amide bonds. The Bertz CT molecular complexity index is 770. The van der Waals surface area contributed by atoms with Gasteiger partial charge in [-0.1, -0.05) is 34.1 Å². The largest absolute Gasteiger partial charge is 0.465 e. The number of nitrogens with zero attached hydrogens (tertiary/aromatic N) is 1. The molecule has 4 unspecified atom stereocenters. The lowest BCUT2D eigenvalue weighted by atomic mass is 9.84. The van der Waals surface area contributed by atoms with E-state index in [0.29, 0.717) is 78.7 Å². The maximum atomic E-state index is 12.6. The Kier molecular flexibility index (Phi) is 19.8. The van der Waals surface area contributed by atoms with Crippen molar-refractivity contribution in [1.82, 2.24) is 5.06 Å². The first kappa shape index (κ1) is 39.7. The molecule has 1 aliphatic rings. The summed E-state index contributed by atoms with van der Waals surface area (Å²) in [5.74, 6) is -0.703. The van der Waals surface area contributed by atoms with E-state index in [-0.39, 0.29) is 37.7 Å². The van der Waals surface area contributed by atoms with Crippen LogP contribution in [0.2, 0.25) is 0 Å². The Hall–Kier alpha value is -1.34. The van der Waals surface area contributed by atoms with Gasteiger partial charge in [-0.2, -0.15) is 0 Å². The third-order valence-electron chi connectivity index (χ3n) is 8.49. The van der Waals surface area contributed by atoms with Crippen LogP contribution in [0, 0.1) is 5.41 Å². The molecule has 0 aromatic rings. The minimum absolute atomic E-state index is 0.151. The van der Waals surface area contributed by atoms with Crippen molar-refractivity contribution in [2.75, 3.05) is 79.3 Å². The predicted octanol–water partition coefficient (Wildman–Crippen LogP) is 4.74. The average Bonchev–Trinajstić information content (AvgIpc) is 3.00. The number of esters is 1. The first-order valence-electron chi connectivity index (χ1n) is 16.2. The molecule has 254 valence electrons. The number of hydrogen-bond acceptors (Lipinski definition) is 11. The van der Waals surface area contributed by atoms with Crippen LogP contribution in [-0.2, 0) is 47.6 Å². The summed E-state index contributed by atoms with van der Waals surface area (Å²) in [4.78, 5) is 30.4. The molecule has 0 aromatic heterocycles. The SMILES string of the molecule is CCCCOCCOCCOCCOCCC(=O)OCC1(CC)COCC(C)(CC)N(OC(C)=O)C(C)(CC)C(C)OC1. The number of hydroxylamine groups is 2. The number of carbonyl (C=O) groups excluding carboxylic acids is 2. The predicted molar refractivity (Wildman–Crippen MR) is 164 cm³/mol. The van der Waals surface area contributed by atoms with E-state index in [2.05, 4.69) is 34.6 Å². The van der Waals surface area contributed by atoms with Gasteiger partial charge in [0.25, 0.3) is 0 Å². The number of unbranched alkanes of at least 4 members (excludes halogenated alkanes) is 1. The van der Waals surface area contributed by atoms with Gasteiger partial charge in [-0.3, -0.25) is 9.59 Å². The normalized spacial score (nSPS) is 27.1. The van der Waals surface area contributed by atoms with Crippen LogP contribution >= 0.6 is 0 Å². The topological polar surface area (TPSA) is 111 Å². The van der Waals surface area contributed by atoms with Gasteiger partial charge in [0.15, 0.2) is 0 Å². The molecule has 1 saturated heterocycles. The first-order chi connectivity index (χ1) is 20.5. The zero-order chi connectivity index (χ0) is 32.2. The van der Waals surface area contributed by atoms with Gasteiger partial charge in [-0.15, -0.1) is 5.06 Å². The van der Waals surface area contributed by atoms with E-state index in [1.807, 2.05) is 13.8 Å². The molecular formula is C32H61NO10. The quantitative estimate of drug-likeness (QED) is 0.131. The van der Waals surface area contributed by atoms with Crippen LogP contribution in [0.1, 0.15) is 93.9 Å². The maximum absolute atomic E-state index is 12.6. The molecule has 1 fully saturated rings. The summed E-state index contributed by atoms with van der Waals surface area (Å²) in [6, 6.07) is 0. The Morgan fingerprint density at radius 3 is 1.88 bits per heavy atom. The summed E-state index contributed by atoms with van der Waals surface area (Å²) >= 11 is 0. The smallest absolute Gasteiger partial charge is 0.322 e. The zero-order valence-corrected chi connectivity index (χ0v) is 28.3. The summed E-state index contributed by atoms with van der Waals surface area (Å²) < 4.78 is 40.4. The van der Waals surface area contributed by atoms with Crippen LogP contribution in [-0.4, -0.2) is 113 Å². The minimum Gasteiger partial charge on any atom is -0.465 e. The number of hydrogen-bond donors (Lipinski definition) is 0. The fourth-order valence-electron chi connectivity index (χ4n) is 4.73. The van der Waals surface area contributed by atoms with Crippen molar-refractivity contribution in [3.63, 3.8) is 0 Å². The fourth-order valence-corrected chi connectivity index (χ4v) is 4.73. The fraction of sp³-hybridized carbons (Fsp3) is 0.938. The van der Waals surface area contributed by atoms with Gasteiger partial charge in [-0.25, -0.2) is 0 Å². The number of carbonyl (C=O) groups is 2. The first-order valence-corrected chi connectivity index (χ1v) is 16.2. The van der Waals surface area contributed by atoms with E-state index in [1.54, 1.807) is 5.06 Å². The molecule has 4 atom stereocenters. The molecule has 0 aliphatic carbocycles. The Morgan fingerprint density at radius 1 is 0.791 bits per heavy atom. The summed E-state index contributed by atoms with van der Waals surface area (Å²) in [7, 11) is 0. The van der Waals surface area contributed by atoms with Crippen molar-refractivity contribution in [3.8, 4) is 0 Å². The van der Waals surface area contributed by atoms with Gasteiger partial charge in [0.05, 0.1) is 95.1 Å². The van der Waals surface area contributed by atoms with Crippen molar-refractivity contribution in [1.29, 1.82) is 0 Å². The molecular weight excluding hydrogens is 558 g/mol. The average molecular weight is 620 g/mol. The third kappa shape index (κ3) is 14.1. The monoisotopic (exact) mass is 619 g/mol. The van der Waals surface area contributed by atoms with Gasteiger partial charge >= 0.3 is 11.9 Å². The minimum atomic E-state index is -0.593. The molecule has 11 heteroatoms. The van der Waals surface area contributed by atoms with Crippen molar-refractivity contribution >= 4 is 11.9 Å². The van der Waals surface area contributed by atoms with Crippen LogP contribution in [0.4, 0.5) is 0 Å². The van der Waals surface area contributed by atoms with Crippen molar-refractivity contribution in [2.45, 2.75) is 111 Å². The van der Waals surface area contributed by atoms with E-state index in [9.17, 15) is 9.59 Å². The molecule has 0 spiro atoms. The highest BCUT2D eigenvalue weighted by atomic mass is 16.7. The molecule has 43 heavy (non-hydrogen) atoms. The van der Waals surface area contributed by atoms with Crippen LogP contribution < -0.4 is 0 Å². The Balaban J connectivity index is 2.50. The highest BCUT2D eigenvalue weighted by molar-refractivity contribution is 5.69. The molecule has 1 heterocycles. The Morgan fingerprint density at radius 2 is 1.37 bits per heavy atom. The molecule has 0 N–H and O–H groups in total. The summed E-state index contributed by atoms with van der Waals surface area (Å²) in [5, 5.41) is 1.79. The van der Waals surface area contributed by atoms with Gasteiger partial charge in [0.2, 0.25) is 0 Å². The summed E-state index contributed by atoms with van der Waals surface area (Å²) in [6.45, 7) is 21.0. The van der Waals surface area contributed by atoms with Crippen LogP contribution in [0.25, 0.3) is 0 Å². The molecule has 1 aliphatic heterocycles. The lowest BCUT2D eigenvalue weighted by Gasteiger charge is -2.52. The van der Waals surface area contributed by atoms with Gasteiger partial charge in [-0.05, 0) is 46.5 Å². The lowest BCUT2D eigenvalue weighted by Crippen LogP contribution is -2.65. The van der Waals surface area contributed by atoms with Crippen molar-refractivity contribution < 1.29 is 47.6 Å². The highest BCUT2D eigenvalue weighted by Crippen LogP contribution is 2.38. The summed E-state index contributed by atoms with van der Waals surface area (Å²) in [6.07, 6.45) is 4.17. The molecule has 0 bridgehead atoms. The second-order valence-corrected chi connectivity index (χ2v) is 12.0. The molecule has 0 radical (unpaired) electrons. The molecule has 11 nitrogen and oxygen atoms in total. The second-order valence-electron chi connectivity index (χ2n) is 12.0. The van der Waals surface area contributed by atoms with Crippen LogP contribution in [0.15, 0.2) is 0 Å². The van der Waals surface area contributed by atoms with E-state index < -0.39 is 16.5 Å². The van der Waals surface area contributed by atoms with E-state index in [4.69, 9.17) is 38.0 Å². The van der Waals surface area contributed by atoms with Gasteiger partial charge in [0.1, 0.15) is 6.61 Å². The second kappa shape index (κ2) is 21.4. The third-order valence-corrected chi connectivity index (χ3v) is 8.49. The summed E-state index contributed by atoms with van der Waals surface area (Å²) in [5.41, 5.74) is -1.67. The lowest BCUT2D eigenvalue weighted by molar-refractivity contribution is -0.294. The van der Waals surface area contributed by atoms with Crippen molar-refractivity contribution in [2.24, 2.45) is 5.41 Å². The van der Waals surface area contributed by atoms with E-state index >= 15 is 0 Å².